The van der Waals surface area contributed by atoms with Crippen LogP contribution in [0.1, 0.15) is 5.56 Å². The molecule has 102 valence electrons. The Kier molecular flexibility index (Phi) is 3.20. The summed E-state index contributed by atoms with van der Waals surface area (Å²) in [6, 6.07) is 8.11. The summed E-state index contributed by atoms with van der Waals surface area (Å²) < 4.78 is 15.4. The summed E-state index contributed by atoms with van der Waals surface area (Å²) in [6.07, 6.45) is 1.74. The van der Waals surface area contributed by atoms with Gasteiger partial charge in [0.15, 0.2) is 0 Å². The quantitative estimate of drug-likeness (QED) is 0.785. The van der Waals surface area contributed by atoms with E-state index in [0.717, 1.165) is 22.2 Å². The lowest BCUT2D eigenvalue weighted by Crippen LogP contribution is -2.03. The number of imidazole rings is 1. The summed E-state index contributed by atoms with van der Waals surface area (Å²) in [6.45, 7) is 0.332. The van der Waals surface area contributed by atoms with Gasteiger partial charge in [-0.15, -0.1) is 0 Å². The Labute approximate surface area is 120 Å². The predicted molar refractivity (Wildman–Crippen MR) is 79.0 cm³/mol. The molecule has 3 nitrogen and oxygen atoms in total. The van der Waals surface area contributed by atoms with Crippen LogP contribution < -0.4 is 5.73 Å². The molecule has 20 heavy (non-hydrogen) atoms. The van der Waals surface area contributed by atoms with Crippen molar-refractivity contribution < 1.29 is 4.39 Å². The first-order valence-corrected chi connectivity index (χ1v) is 6.58. The van der Waals surface area contributed by atoms with Crippen LogP contribution in [-0.4, -0.2) is 9.55 Å². The molecule has 0 aliphatic rings. The largest absolute Gasteiger partial charge is 0.333 e. The SMILES string of the molecule is Cn1cnc2ccc(-c3cc(F)ccc3Cl)c(CN)c21. The first-order valence-electron chi connectivity index (χ1n) is 6.20. The number of aromatic nitrogens is 2. The van der Waals surface area contributed by atoms with Gasteiger partial charge in [0.05, 0.1) is 17.4 Å². The van der Waals surface area contributed by atoms with E-state index in [1.165, 1.54) is 12.1 Å². The molecule has 0 radical (unpaired) electrons. The summed E-state index contributed by atoms with van der Waals surface area (Å²) in [7, 11) is 1.91. The average molecular weight is 290 g/mol. The molecular weight excluding hydrogens is 277 g/mol. The number of rotatable bonds is 2. The van der Waals surface area contributed by atoms with E-state index in [4.69, 9.17) is 17.3 Å². The van der Waals surface area contributed by atoms with Crippen molar-refractivity contribution >= 4 is 22.6 Å². The first kappa shape index (κ1) is 13.1. The zero-order chi connectivity index (χ0) is 14.3. The van der Waals surface area contributed by atoms with Gasteiger partial charge in [0, 0.05) is 24.2 Å². The van der Waals surface area contributed by atoms with E-state index in [1.807, 2.05) is 23.7 Å². The molecule has 5 heteroatoms. The van der Waals surface area contributed by atoms with Crippen molar-refractivity contribution in [3.8, 4) is 11.1 Å². The molecule has 0 spiro atoms. The van der Waals surface area contributed by atoms with Crippen LogP contribution in [0.5, 0.6) is 0 Å². The highest BCUT2D eigenvalue weighted by molar-refractivity contribution is 6.33. The number of benzene rings is 2. The van der Waals surface area contributed by atoms with Crippen molar-refractivity contribution in [1.82, 2.24) is 9.55 Å². The minimum atomic E-state index is -0.322. The molecular formula is C15H13ClFN3. The molecule has 0 fully saturated rings. The van der Waals surface area contributed by atoms with Gasteiger partial charge in [0.25, 0.3) is 0 Å². The second-order valence-electron chi connectivity index (χ2n) is 4.64. The van der Waals surface area contributed by atoms with Crippen LogP contribution in [0, 0.1) is 5.82 Å². The average Bonchev–Trinajstić information content (AvgIpc) is 2.82. The maximum atomic E-state index is 13.5. The first-order chi connectivity index (χ1) is 9.61. The Morgan fingerprint density at radius 2 is 2.05 bits per heavy atom. The minimum absolute atomic E-state index is 0.322. The summed E-state index contributed by atoms with van der Waals surface area (Å²) in [4.78, 5) is 4.30. The van der Waals surface area contributed by atoms with Crippen LogP contribution in [0.4, 0.5) is 4.39 Å². The van der Waals surface area contributed by atoms with Crippen molar-refractivity contribution in [2.45, 2.75) is 6.54 Å². The highest BCUT2D eigenvalue weighted by atomic mass is 35.5. The van der Waals surface area contributed by atoms with E-state index >= 15 is 0 Å². The molecule has 0 atom stereocenters. The Bertz CT molecular complexity index is 795. The summed E-state index contributed by atoms with van der Waals surface area (Å²) >= 11 is 6.19. The highest BCUT2D eigenvalue weighted by Crippen LogP contribution is 2.34. The van der Waals surface area contributed by atoms with Crippen LogP contribution in [-0.2, 0) is 13.6 Å². The summed E-state index contributed by atoms with van der Waals surface area (Å²) in [5, 5.41) is 0.502. The molecule has 0 unspecified atom stereocenters. The van der Waals surface area contributed by atoms with Crippen molar-refractivity contribution in [2.24, 2.45) is 12.8 Å². The Balaban J connectivity index is 2.36. The summed E-state index contributed by atoms with van der Waals surface area (Å²) in [5.74, 6) is -0.322. The maximum absolute atomic E-state index is 13.5. The fourth-order valence-electron chi connectivity index (χ4n) is 2.49. The number of nitrogens with two attached hydrogens (primary N) is 1. The van der Waals surface area contributed by atoms with E-state index in [0.29, 0.717) is 17.1 Å². The Hall–Kier alpha value is -1.91. The molecule has 0 amide bonds. The van der Waals surface area contributed by atoms with Gasteiger partial charge in [-0.1, -0.05) is 17.7 Å². The predicted octanol–water partition coefficient (Wildman–Crippen LogP) is 3.49. The van der Waals surface area contributed by atoms with Gasteiger partial charge in [-0.25, -0.2) is 9.37 Å². The van der Waals surface area contributed by atoms with E-state index in [9.17, 15) is 4.39 Å². The van der Waals surface area contributed by atoms with Gasteiger partial charge in [-0.3, -0.25) is 0 Å². The van der Waals surface area contributed by atoms with E-state index in [-0.39, 0.29) is 5.82 Å². The zero-order valence-corrected chi connectivity index (χ0v) is 11.7. The Morgan fingerprint density at radius 1 is 1.25 bits per heavy atom. The van der Waals surface area contributed by atoms with Crippen molar-refractivity contribution in [2.75, 3.05) is 0 Å². The monoisotopic (exact) mass is 289 g/mol. The minimum Gasteiger partial charge on any atom is -0.333 e. The number of fused-ring (bicyclic) bond motifs is 1. The second-order valence-corrected chi connectivity index (χ2v) is 5.05. The topological polar surface area (TPSA) is 43.8 Å². The zero-order valence-electron chi connectivity index (χ0n) is 10.9. The molecule has 2 aromatic carbocycles. The third-order valence-electron chi connectivity index (χ3n) is 3.41. The fourth-order valence-corrected chi connectivity index (χ4v) is 2.71. The lowest BCUT2D eigenvalue weighted by molar-refractivity contribution is 0.628. The van der Waals surface area contributed by atoms with Gasteiger partial charge in [0.1, 0.15) is 5.82 Å². The van der Waals surface area contributed by atoms with Crippen LogP contribution in [0.25, 0.3) is 22.2 Å². The smallest absolute Gasteiger partial charge is 0.123 e. The number of hydrogen-bond acceptors (Lipinski definition) is 2. The van der Waals surface area contributed by atoms with Gasteiger partial charge >= 0.3 is 0 Å². The molecule has 1 heterocycles. The van der Waals surface area contributed by atoms with Crippen molar-refractivity contribution in [1.29, 1.82) is 0 Å². The van der Waals surface area contributed by atoms with Gasteiger partial charge in [-0.2, -0.15) is 0 Å². The molecule has 0 aliphatic carbocycles. The van der Waals surface area contributed by atoms with Crippen LogP contribution >= 0.6 is 11.6 Å². The van der Waals surface area contributed by atoms with Crippen LogP contribution in [0.3, 0.4) is 0 Å². The van der Waals surface area contributed by atoms with Crippen LogP contribution in [0.15, 0.2) is 36.7 Å². The third-order valence-corrected chi connectivity index (χ3v) is 3.74. The molecule has 3 aromatic rings. The van der Waals surface area contributed by atoms with Gasteiger partial charge < -0.3 is 10.3 Å². The van der Waals surface area contributed by atoms with Crippen molar-refractivity contribution in [3.63, 3.8) is 0 Å². The molecule has 0 saturated heterocycles. The molecule has 1 aromatic heterocycles. The van der Waals surface area contributed by atoms with Crippen molar-refractivity contribution in [3.05, 3.63) is 53.1 Å². The summed E-state index contributed by atoms with van der Waals surface area (Å²) in [5.41, 5.74) is 10.1. The molecule has 0 aliphatic heterocycles. The third kappa shape index (κ3) is 1.97. The lowest BCUT2D eigenvalue weighted by Gasteiger charge is -2.12. The number of aryl methyl sites for hydroxylation is 1. The van der Waals surface area contributed by atoms with E-state index in [2.05, 4.69) is 4.98 Å². The highest BCUT2D eigenvalue weighted by Gasteiger charge is 2.14. The number of halogens is 2. The fraction of sp³-hybridized carbons (Fsp3) is 0.133. The van der Waals surface area contributed by atoms with Gasteiger partial charge in [-0.05, 0) is 35.4 Å². The van der Waals surface area contributed by atoms with E-state index in [1.54, 1.807) is 12.4 Å². The molecule has 0 bridgehead atoms. The molecule has 2 N–H and O–H groups in total. The second kappa shape index (κ2) is 4.89. The Morgan fingerprint density at radius 3 is 2.80 bits per heavy atom. The normalized spacial score (nSPS) is 11.2. The van der Waals surface area contributed by atoms with E-state index < -0.39 is 0 Å². The van der Waals surface area contributed by atoms with Crippen LogP contribution in [0.2, 0.25) is 5.02 Å². The maximum Gasteiger partial charge on any atom is 0.123 e. The lowest BCUT2D eigenvalue weighted by atomic mass is 9.98. The molecule has 0 saturated carbocycles. The number of hydrogen-bond donors (Lipinski definition) is 1. The number of nitrogens with zero attached hydrogens (tertiary/aromatic N) is 2. The molecule has 3 rings (SSSR count). The standard InChI is InChI=1S/C15H13ClFN3/c1-20-8-19-14-5-3-10(12(7-18)15(14)20)11-6-9(17)2-4-13(11)16/h2-6,8H,7,18H2,1H3. The van der Waals surface area contributed by atoms with Gasteiger partial charge in [0.2, 0.25) is 0 Å².